The summed E-state index contributed by atoms with van der Waals surface area (Å²) in [4.78, 5) is 12.0. The molecule has 1 atom stereocenters. The van der Waals surface area contributed by atoms with Crippen molar-refractivity contribution in [3.05, 3.63) is 63.9 Å². The molecule has 2 rings (SSSR count). The molecule has 1 N–H and O–H groups in total. The molecule has 0 aliphatic carbocycles. The second kappa shape index (κ2) is 8.15. The average Bonchev–Trinajstić information content (AvgIpc) is 2.51. The van der Waals surface area contributed by atoms with E-state index >= 15 is 0 Å². The van der Waals surface area contributed by atoms with Crippen LogP contribution in [0.4, 0.5) is 4.39 Å². The summed E-state index contributed by atoms with van der Waals surface area (Å²) in [6.07, 6.45) is -0.0308. The molecule has 0 aliphatic rings. The Hall–Kier alpha value is -2.07. The molecule has 0 saturated heterocycles. The molecular formula is C19H21ClFNO2. The largest absolute Gasteiger partial charge is 0.491 e. The Morgan fingerprint density at radius 2 is 1.96 bits per heavy atom. The van der Waals surface area contributed by atoms with Crippen LogP contribution in [0.25, 0.3) is 0 Å². The lowest BCUT2D eigenvalue weighted by atomic mass is 10.1. The van der Waals surface area contributed by atoms with Crippen molar-refractivity contribution >= 4 is 17.5 Å². The van der Waals surface area contributed by atoms with Crippen LogP contribution in [0.5, 0.6) is 5.75 Å². The van der Waals surface area contributed by atoms with E-state index in [2.05, 4.69) is 5.32 Å². The fraction of sp³-hybridized carbons (Fsp3) is 0.316. The maximum Gasteiger partial charge on any atom is 0.224 e. The molecule has 1 unspecified atom stereocenters. The van der Waals surface area contributed by atoms with Crippen LogP contribution in [-0.4, -0.2) is 18.6 Å². The third-order valence-electron chi connectivity index (χ3n) is 3.75. The predicted molar refractivity (Wildman–Crippen MR) is 94.1 cm³/mol. The lowest BCUT2D eigenvalue weighted by molar-refractivity contribution is -0.121. The summed E-state index contributed by atoms with van der Waals surface area (Å²) < 4.78 is 19.4. The lowest BCUT2D eigenvalue weighted by Crippen LogP contribution is -2.37. The number of halogens is 2. The number of nitrogens with one attached hydrogen (secondary N) is 1. The van der Waals surface area contributed by atoms with Crippen molar-refractivity contribution < 1.29 is 13.9 Å². The van der Waals surface area contributed by atoms with E-state index in [-0.39, 0.29) is 18.4 Å². The third kappa shape index (κ3) is 5.24. The molecule has 0 radical (unpaired) electrons. The zero-order chi connectivity index (χ0) is 17.7. The summed E-state index contributed by atoms with van der Waals surface area (Å²) in [6, 6.07) is 9.97. The molecule has 0 spiro atoms. The van der Waals surface area contributed by atoms with Gasteiger partial charge in [0.25, 0.3) is 0 Å². The Labute approximate surface area is 146 Å². The SMILES string of the molecule is Cc1ccc(OCC(C)NC(=O)Cc2ccc(Cl)cc2F)cc1C. The van der Waals surface area contributed by atoms with E-state index < -0.39 is 5.82 Å². The molecule has 0 bridgehead atoms. The molecule has 2 aromatic rings. The minimum absolute atomic E-state index is 0.0308. The fourth-order valence-corrected chi connectivity index (χ4v) is 2.39. The Morgan fingerprint density at radius 1 is 1.21 bits per heavy atom. The number of amides is 1. The summed E-state index contributed by atoms with van der Waals surface area (Å²) in [5.41, 5.74) is 2.68. The van der Waals surface area contributed by atoms with Crippen molar-refractivity contribution in [2.24, 2.45) is 0 Å². The topological polar surface area (TPSA) is 38.3 Å². The number of rotatable bonds is 6. The molecule has 2 aromatic carbocycles. The van der Waals surface area contributed by atoms with Gasteiger partial charge in [0, 0.05) is 5.02 Å². The van der Waals surface area contributed by atoms with Gasteiger partial charge in [0.2, 0.25) is 5.91 Å². The molecule has 24 heavy (non-hydrogen) atoms. The number of aryl methyl sites for hydroxylation is 2. The van der Waals surface area contributed by atoms with Gasteiger partial charge in [0.15, 0.2) is 0 Å². The molecule has 1 amide bonds. The molecule has 5 heteroatoms. The minimum atomic E-state index is -0.475. The summed E-state index contributed by atoms with van der Waals surface area (Å²) in [5.74, 6) is 0.0343. The maximum atomic E-state index is 13.7. The molecular weight excluding hydrogens is 329 g/mol. The van der Waals surface area contributed by atoms with Gasteiger partial charge in [-0.3, -0.25) is 4.79 Å². The highest BCUT2D eigenvalue weighted by atomic mass is 35.5. The van der Waals surface area contributed by atoms with Crippen LogP contribution >= 0.6 is 11.6 Å². The first kappa shape index (κ1) is 18.3. The van der Waals surface area contributed by atoms with Crippen LogP contribution in [0.3, 0.4) is 0 Å². The monoisotopic (exact) mass is 349 g/mol. The van der Waals surface area contributed by atoms with Crippen molar-refractivity contribution in [3.8, 4) is 5.75 Å². The number of benzene rings is 2. The second-order valence-electron chi connectivity index (χ2n) is 5.94. The molecule has 0 aromatic heterocycles. The predicted octanol–water partition coefficient (Wildman–Crippen LogP) is 4.22. The van der Waals surface area contributed by atoms with Gasteiger partial charge < -0.3 is 10.1 Å². The van der Waals surface area contributed by atoms with Crippen LogP contribution < -0.4 is 10.1 Å². The summed E-state index contributed by atoms with van der Waals surface area (Å²) in [6.45, 7) is 6.25. The van der Waals surface area contributed by atoms with E-state index in [4.69, 9.17) is 16.3 Å². The van der Waals surface area contributed by atoms with Gasteiger partial charge in [0.1, 0.15) is 18.2 Å². The van der Waals surface area contributed by atoms with Gasteiger partial charge >= 0.3 is 0 Å². The molecule has 3 nitrogen and oxygen atoms in total. The Kier molecular flexibility index (Phi) is 6.21. The highest BCUT2D eigenvalue weighted by Gasteiger charge is 2.12. The Morgan fingerprint density at radius 3 is 2.62 bits per heavy atom. The first-order valence-electron chi connectivity index (χ1n) is 7.78. The maximum absolute atomic E-state index is 13.7. The zero-order valence-electron chi connectivity index (χ0n) is 14.0. The number of carbonyl (C=O) groups excluding carboxylic acids is 1. The van der Waals surface area contributed by atoms with Gasteiger partial charge in [-0.15, -0.1) is 0 Å². The van der Waals surface area contributed by atoms with E-state index in [0.717, 1.165) is 11.3 Å². The molecule has 128 valence electrons. The number of hydrogen-bond acceptors (Lipinski definition) is 2. The van der Waals surface area contributed by atoms with Crippen LogP contribution in [-0.2, 0) is 11.2 Å². The summed E-state index contributed by atoms with van der Waals surface area (Å²) in [7, 11) is 0. The Bertz CT molecular complexity index is 733. The lowest BCUT2D eigenvalue weighted by Gasteiger charge is -2.16. The van der Waals surface area contributed by atoms with E-state index in [1.54, 1.807) is 6.07 Å². The van der Waals surface area contributed by atoms with E-state index in [0.29, 0.717) is 17.2 Å². The molecule has 0 saturated carbocycles. The molecule has 0 aliphatic heterocycles. The van der Waals surface area contributed by atoms with Crippen molar-refractivity contribution in [2.45, 2.75) is 33.2 Å². The van der Waals surface area contributed by atoms with E-state index in [9.17, 15) is 9.18 Å². The fourth-order valence-electron chi connectivity index (χ4n) is 2.23. The summed E-state index contributed by atoms with van der Waals surface area (Å²) in [5, 5.41) is 3.11. The van der Waals surface area contributed by atoms with Crippen LogP contribution in [0.2, 0.25) is 5.02 Å². The second-order valence-corrected chi connectivity index (χ2v) is 6.37. The van der Waals surface area contributed by atoms with Crippen molar-refractivity contribution in [1.82, 2.24) is 5.32 Å². The average molecular weight is 350 g/mol. The minimum Gasteiger partial charge on any atom is -0.491 e. The van der Waals surface area contributed by atoms with Crippen molar-refractivity contribution in [2.75, 3.05) is 6.61 Å². The van der Waals surface area contributed by atoms with E-state index in [1.165, 1.54) is 17.7 Å². The van der Waals surface area contributed by atoms with E-state index in [1.807, 2.05) is 39.0 Å². The van der Waals surface area contributed by atoms with Crippen molar-refractivity contribution in [3.63, 3.8) is 0 Å². The third-order valence-corrected chi connectivity index (χ3v) is 3.99. The highest BCUT2D eigenvalue weighted by Crippen LogP contribution is 2.17. The number of ether oxygens (including phenoxy) is 1. The molecule has 0 fully saturated rings. The zero-order valence-corrected chi connectivity index (χ0v) is 14.8. The van der Waals surface area contributed by atoms with Crippen LogP contribution in [0.15, 0.2) is 36.4 Å². The number of hydrogen-bond donors (Lipinski definition) is 1. The quantitative estimate of drug-likeness (QED) is 0.847. The highest BCUT2D eigenvalue weighted by molar-refractivity contribution is 6.30. The van der Waals surface area contributed by atoms with Gasteiger partial charge in [-0.1, -0.05) is 23.7 Å². The van der Waals surface area contributed by atoms with Crippen molar-refractivity contribution in [1.29, 1.82) is 0 Å². The normalized spacial score (nSPS) is 11.9. The van der Waals surface area contributed by atoms with Crippen LogP contribution in [0, 0.1) is 19.7 Å². The standard InChI is InChI=1S/C19H21ClFNO2/c1-12-4-7-17(8-13(12)2)24-11-14(3)22-19(23)9-15-5-6-16(20)10-18(15)21/h4-8,10,14H,9,11H2,1-3H3,(H,22,23). The summed E-state index contributed by atoms with van der Waals surface area (Å²) >= 11 is 5.70. The smallest absolute Gasteiger partial charge is 0.224 e. The van der Waals surface area contributed by atoms with Gasteiger partial charge in [-0.05, 0) is 61.7 Å². The molecule has 0 heterocycles. The van der Waals surface area contributed by atoms with Gasteiger partial charge in [0.05, 0.1) is 12.5 Å². The van der Waals surface area contributed by atoms with Crippen LogP contribution in [0.1, 0.15) is 23.6 Å². The van der Waals surface area contributed by atoms with Gasteiger partial charge in [-0.2, -0.15) is 0 Å². The first-order chi connectivity index (χ1) is 11.3. The first-order valence-corrected chi connectivity index (χ1v) is 8.16. The Balaban J connectivity index is 1.83. The number of carbonyl (C=O) groups is 1. The van der Waals surface area contributed by atoms with Gasteiger partial charge in [-0.25, -0.2) is 4.39 Å².